The van der Waals surface area contributed by atoms with Crippen molar-refractivity contribution >= 4 is 35.0 Å². The molecule has 144 valence electrons. The van der Waals surface area contributed by atoms with Gasteiger partial charge in [-0.2, -0.15) is 0 Å². The Hall–Kier alpha value is -4.52. The lowest BCUT2D eigenvalue weighted by molar-refractivity contribution is -0.385. The number of carbonyl (C=O) groups is 4. The van der Waals surface area contributed by atoms with Crippen LogP contribution in [0.3, 0.4) is 0 Å². The normalized spacial score (nSPS) is 15.0. The van der Waals surface area contributed by atoms with Gasteiger partial charge < -0.3 is 0 Å². The molecular weight excluding hydrogens is 392 g/mol. The molecule has 29 heavy (non-hydrogen) atoms. The highest BCUT2D eigenvalue weighted by atomic mass is 16.9. The quantitative estimate of drug-likeness (QED) is 0.417. The molecule has 0 atom stereocenters. The molecule has 0 N–H and O–H groups in total. The summed E-state index contributed by atoms with van der Waals surface area (Å²) in [6, 6.07) is 6.63. The van der Waals surface area contributed by atoms with Crippen molar-refractivity contribution < 1.29 is 34.0 Å². The van der Waals surface area contributed by atoms with Crippen LogP contribution in [0.5, 0.6) is 0 Å². The van der Waals surface area contributed by atoms with Gasteiger partial charge >= 0.3 is 0 Å². The number of amides is 4. The number of imide groups is 2. The van der Waals surface area contributed by atoms with E-state index in [2.05, 4.69) is 0 Å². The minimum Gasteiger partial charge on any atom is -0.266 e. The van der Waals surface area contributed by atoms with Crippen LogP contribution in [0.25, 0.3) is 0 Å². The van der Waals surface area contributed by atoms with Crippen LogP contribution in [0, 0.1) is 20.2 Å². The summed E-state index contributed by atoms with van der Waals surface area (Å²) in [7, 11) is 0. The highest BCUT2D eigenvalue weighted by molar-refractivity contribution is 6.24. The molecular formula is C16H6N4O9. The average Bonchev–Trinajstić information content (AvgIpc) is 3.08. The summed E-state index contributed by atoms with van der Waals surface area (Å²) < 4.78 is 0. The van der Waals surface area contributed by atoms with E-state index in [4.69, 9.17) is 4.94 Å². The highest BCUT2D eigenvalue weighted by Gasteiger charge is 2.48. The lowest BCUT2D eigenvalue weighted by atomic mass is 10.1. The highest BCUT2D eigenvalue weighted by Crippen LogP contribution is 2.34. The van der Waals surface area contributed by atoms with Crippen molar-refractivity contribution in [2.75, 3.05) is 0 Å². The summed E-state index contributed by atoms with van der Waals surface area (Å²) in [6.45, 7) is 0. The summed E-state index contributed by atoms with van der Waals surface area (Å²) in [5, 5.41) is 22.3. The van der Waals surface area contributed by atoms with Gasteiger partial charge in [0.1, 0.15) is 11.1 Å². The summed E-state index contributed by atoms with van der Waals surface area (Å²) >= 11 is 0. The Bertz CT molecular complexity index is 1100. The third-order valence-corrected chi connectivity index (χ3v) is 4.27. The Kier molecular flexibility index (Phi) is 3.70. The number of benzene rings is 2. The van der Waals surface area contributed by atoms with E-state index in [1.54, 1.807) is 0 Å². The minimum absolute atomic E-state index is 0.0190. The number of carbonyl (C=O) groups excluding carboxylic acids is 4. The van der Waals surface area contributed by atoms with E-state index in [0.717, 1.165) is 24.3 Å². The molecule has 0 aromatic heterocycles. The van der Waals surface area contributed by atoms with Gasteiger partial charge in [-0.25, -0.2) is 0 Å². The molecule has 0 saturated carbocycles. The second-order valence-corrected chi connectivity index (χ2v) is 5.80. The van der Waals surface area contributed by atoms with E-state index in [1.807, 2.05) is 0 Å². The number of hydroxylamine groups is 4. The van der Waals surface area contributed by atoms with Crippen LogP contribution in [0.4, 0.5) is 11.4 Å². The Morgan fingerprint density at radius 3 is 1.38 bits per heavy atom. The van der Waals surface area contributed by atoms with Crippen molar-refractivity contribution in [2.24, 2.45) is 0 Å². The predicted octanol–water partition coefficient (Wildman–Crippen LogP) is 1.24. The van der Waals surface area contributed by atoms with Gasteiger partial charge in [0.25, 0.3) is 35.0 Å². The zero-order chi connectivity index (χ0) is 21.0. The van der Waals surface area contributed by atoms with Crippen molar-refractivity contribution in [1.29, 1.82) is 0 Å². The zero-order valence-corrected chi connectivity index (χ0v) is 13.9. The molecule has 0 fully saturated rings. The molecule has 13 heteroatoms. The van der Waals surface area contributed by atoms with E-state index in [1.165, 1.54) is 12.1 Å². The Labute approximate surface area is 158 Å². The standard InChI is InChI=1S/C16H6N4O9/c21-13-7-3-1-5-9(19(25)26)11(7)15(23)17(13)29-18-14(22)8-4-2-6-10(20(27)28)12(8)16(18)24/h1-6H. The van der Waals surface area contributed by atoms with Crippen LogP contribution in [0.2, 0.25) is 0 Å². The maximum Gasteiger partial charge on any atom is 0.294 e. The van der Waals surface area contributed by atoms with E-state index in [0.29, 0.717) is 0 Å². The van der Waals surface area contributed by atoms with Crippen molar-refractivity contribution in [3.63, 3.8) is 0 Å². The Morgan fingerprint density at radius 2 is 1.03 bits per heavy atom. The minimum atomic E-state index is -1.26. The van der Waals surface area contributed by atoms with Crippen LogP contribution in [-0.4, -0.2) is 43.6 Å². The van der Waals surface area contributed by atoms with E-state index in [-0.39, 0.29) is 21.3 Å². The third-order valence-electron chi connectivity index (χ3n) is 4.27. The van der Waals surface area contributed by atoms with Crippen LogP contribution < -0.4 is 0 Å². The zero-order valence-electron chi connectivity index (χ0n) is 13.9. The molecule has 2 aromatic carbocycles. The Balaban J connectivity index is 1.71. The van der Waals surface area contributed by atoms with Crippen LogP contribution >= 0.6 is 0 Å². The SMILES string of the molecule is O=C1c2cccc([N+](=O)[O-])c2C(=O)N1ON1C(=O)c2cccc([N+](=O)[O-])c2C1=O. The summed E-state index contributed by atoms with van der Waals surface area (Å²) in [5.41, 5.74) is -3.16. The number of nitro benzene ring substituents is 2. The molecule has 2 aromatic rings. The van der Waals surface area contributed by atoms with Crippen molar-refractivity contribution in [3.05, 3.63) is 78.9 Å². The fourth-order valence-corrected chi connectivity index (χ4v) is 3.03. The number of hydrogen-bond donors (Lipinski definition) is 0. The number of rotatable bonds is 4. The van der Waals surface area contributed by atoms with Crippen LogP contribution in [0.15, 0.2) is 36.4 Å². The van der Waals surface area contributed by atoms with Gasteiger partial charge in [0, 0.05) is 12.1 Å². The summed E-state index contributed by atoms with van der Waals surface area (Å²) in [5.74, 6) is -4.80. The van der Waals surface area contributed by atoms with Gasteiger partial charge in [-0.05, 0) is 12.1 Å². The van der Waals surface area contributed by atoms with Gasteiger partial charge in [0.15, 0.2) is 0 Å². The number of hydrogen-bond acceptors (Lipinski definition) is 9. The molecule has 0 unspecified atom stereocenters. The van der Waals surface area contributed by atoms with Crippen molar-refractivity contribution in [3.8, 4) is 0 Å². The Morgan fingerprint density at radius 1 is 0.655 bits per heavy atom. The second-order valence-electron chi connectivity index (χ2n) is 5.80. The monoisotopic (exact) mass is 398 g/mol. The first-order valence-corrected chi connectivity index (χ1v) is 7.74. The first-order chi connectivity index (χ1) is 13.7. The van der Waals surface area contributed by atoms with Gasteiger partial charge in [-0.15, -0.1) is 15.1 Å². The first-order valence-electron chi connectivity index (χ1n) is 7.74. The number of nitro groups is 2. The predicted molar refractivity (Wildman–Crippen MR) is 88.3 cm³/mol. The average molecular weight is 398 g/mol. The fraction of sp³-hybridized carbons (Fsp3) is 0. The van der Waals surface area contributed by atoms with Crippen molar-refractivity contribution in [2.45, 2.75) is 0 Å². The van der Waals surface area contributed by atoms with Crippen molar-refractivity contribution in [1.82, 2.24) is 10.1 Å². The molecule has 4 rings (SSSR count). The number of nitrogens with zero attached hydrogens (tertiary/aromatic N) is 4. The molecule has 0 spiro atoms. The maximum absolute atomic E-state index is 12.5. The van der Waals surface area contributed by atoms with Crippen LogP contribution in [0.1, 0.15) is 41.4 Å². The first kappa shape index (κ1) is 17.9. The van der Waals surface area contributed by atoms with Gasteiger partial charge in [-0.3, -0.25) is 39.4 Å². The molecule has 0 bridgehead atoms. The molecule has 2 aliphatic rings. The summed E-state index contributed by atoms with van der Waals surface area (Å²) in [6.07, 6.45) is 0. The number of fused-ring (bicyclic) bond motifs is 2. The molecule has 2 heterocycles. The molecule has 0 radical (unpaired) electrons. The second kappa shape index (κ2) is 6.00. The molecule has 0 aliphatic carbocycles. The van der Waals surface area contributed by atoms with Gasteiger partial charge in [0.05, 0.1) is 21.0 Å². The fourth-order valence-electron chi connectivity index (χ4n) is 3.03. The van der Waals surface area contributed by atoms with E-state index in [9.17, 15) is 39.4 Å². The summed E-state index contributed by atoms with van der Waals surface area (Å²) in [4.78, 5) is 75.2. The third kappa shape index (κ3) is 2.38. The maximum atomic E-state index is 12.5. The largest absolute Gasteiger partial charge is 0.294 e. The molecule has 4 amide bonds. The molecule has 2 aliphatic heterocycles. The molecule has 0 saturated heterocycles. The van der Waals surface area contributed by atoms with Gasteiger partial charge in [-0.1, -0.05) is 12.1 Å². The van der Waals surface area contributed by atoms with E-state index < -0.39 is 56.0 Å². The van der Waals surface area contributed by atoms with Gasteiger partial charge in [0.2, 0.25) is 0 Å². The lowest BCUT2D eigenvalue weighted by Crippen LogP contribution is -2.41. The molecule has 13 nitrogen and oxygen atoms in total. The lowest BCUT2D eigenvalue weighted by Gasteiger charge is -2.18. The van der Waals surface area contributed by atoms with Crippen LogP contribution in [-0.2, 0) is 4.94 Å². The topological polar surface area (TPSA) is 170 Å². The smallest absolute Gasteiger partial charge is 0.266 e. The van der Waals surface area contributed by atoms with E-state index >= 15 is 0 Å².